The zero-order valence-electron chi connectivity index (χ0n) is 20.3. The Bertz CT molecular complexity index is 1350. The first kappa shape index (κ1) is 23.8. The Labute approximate surface area is 209 Å². The number of piperidine rings is 1. The second-order valence-corrected chi connectivity index (χ2v) is 9.44. The monoisotopic (exact) mass is 486 g/mol. The van der Waals surface area contributed by atoms with Gasteiger partial charge in [0.1, 0.15) is 11.5 Å². The molecule has 3 heterocycles. The number of aromatic hydroxyl groups is 1. The lowest BCUT2D eigenvalue weighted by molar-refractivity contribution is 0.0954. The predicted octanol–water partition coefficient (Wildman–Crippen LogP) is 3.34. The predicted molar refractivity (Wildman–Crippen MR) is 138 cm³/mol. The molecule has 0 unspecified atom stereocenters. The van der Waals surface area contributed by atoms with Crippen LogP contribution in [-0.2, 0) is 13.1 Å². The molecule has 186 valence electrons. The van der Waals surface area contributed by atoms with Crippen molar-refractivity contribution < 1.29 is 14.6 Å². The van der Waals surface area contributed by atoms with Gasteiger partial charge in [-0.05, 0) is 67.3 Å². The van der Waals surface area contributed by atoms with Crippen LogP contribution in [0.2, 0.25) is 0 Å². The highest BCUT2D eigenvalue weighted by molar-refractivity contribution is 5.95. The lowest BCUT2D eigenvalue weighted by Gasteiger charge is -2.43. The number of carbonyl (C=O) groups excluding carboxylic acids is 1. The van der Waals surface area contributed by atoms with Gasteiger partial charge in [0.25, 0.3) is 11.5 Å². The highest BCUT2D eigenvalue weighted by atomic mass is 16.5. The second kappa shape index (κ2) is 10.4. The maximum atomic E-state index is 12.3. The molecule has 3 aromatic rings. The SMILES string of the molecule is CCOc1ccc(/C=N\NC(=O)c2cccc(O)c2)cc1CN1C[C@H]2C[C@@H](C1)c1cccc(=O)n1C2. The van der Waals surface area contributed by atoms with Crippen LogP contribution in [0.4, 0.5) is 0 Å². The molecule has 0 radical (unpaired) electrons. The normalized spacial score (nSPS) is 19.1. The first-order valence-electron chi connectivity index (χ1n) is 12.3. The Morgan fingerprint density at radius 1 is 1.14 bits per heavy atom. The molecule has 0 aliphatic carbocycles. The summed E-state index contributed by atoms with van der Waals surface area (Å²) in [5, 5.41) is 13.7. The van der Waals surface area contributed by atoms with E-state index in [0.29, 0.717) is 24.0 Å². The number of benzene rings is 2. The summed E-state index contributed by atoms with van der Waals surface area (Å²) in [7, 11) is 0. The molecular weight excluding hydrogens is 456 g/mol. The van der Waals surface area contributed by atoms with Crippen molar-refractivity contribution in [3.63, 3.8) is 0 Å². The molecule has 36 heavy (non-hydrogen) atoms. The molecule has 1 fully saturated rings. The molecule has 1 saturated heterocycles. The van der Waals surface area contributed by atoms with E-state index in [0.717, 1.165) is 55.2 Å². The molecule has 2 aliphatic heterocycles. The van der Waals surface area contributed by atoms with Crippen LogP contribution in [0.5, 0.6) is 11.5 Å². The van der Waals surface area contributed by atoms with Gasteiger partial charge < -0.3 is 14.4 Å². The van der Waals surface area contributed by atoms with Gasteiger partial charge in [0.15, 0.2) is 0 Å². The number of phenolic OH excluding ortho intramolecular Hbond substituents is 1. The van der Waals surface area contributed by atoms with E-state index in [-0.39, 0.29) is 11.3 Å². The number of nitrogens with zero attached hydrogens (tertiary/aromatic N) is 3. The van der Waals surface area contributed by atoms with E-state index < -0.39 is 5.91 Å². The number of amides is 1. The van der Waals surface area contributed by atoms with Gasteiger partial charge >= 0.3 is 0 Å². The molecule has 0 saturated carbocycles. The molecule has 1 aromatic heterocycles. The van der Waals surface area contributed by atoms with Crippen LogP contribution in [0.3, 0.4) is 0 Å². The van der Waals surface area contributed by atoms with Crippen LogP contribution in [0, 0.1) is 5.92 Å². The van der Waals surface area contributed by atoms with Crippen LogP contribution in [-0.4, -0.2) is 46.4 Å². The third-order valence-corrected chi connectivity index (χ3v) is 6.82. The number of aromatic nitrogens is 1. The smallest absolute Gasteiger partial charge is 0.271 e. The highest BCUT2D eigenvalue weighted by Gasteiger charge is 2.34. The molecule has 2 aromatic carbocycles. The summed E-state index contributed by atoms with van der Waals surface area (Å²) >= 11 is 0. The molecule has 2 bridgehead atoms. The summed E-state index contributed by atoms with van der Waals surface area (Å²) in [6, 6.07) is 17.6. The Morgan fingerprint density at radius 3 is 2.83 bits per heavy atom. The van der Waals surface area contributed by atoms with Gasteiger partial charge in [0, 0.05) is 55.0 Å². The average molecular weight is 487 g/mol. The van der Waals surface area contributed by atoms with Gasteiger partial charge in [-0.3, -0.25) is 14.5 Å². The van der Waals surface area contributed by atoms with Crippen molar-refractivity contribution in [1.29, 1.82) is 0 Å². The fourth-order valence-corrected chi connectivity index (χ4v) is 5.34. The van der Waals surface area contributed by atoms with Gasteiger partial charge in [-0.25, -0.2) is 5.43 Å². The van der Waals surface area contributed by atoms with Crippen molar-refractivity contribution in [2.75, 3.05) is 19.7 Å². The molecule has 8 nitrogen and oxygen atoms in total. The quantitative estimate of drug-likeness (QED) is 0.395. The number of phenols is 1. The minimum atomic E-state index is -0.396. The van der Waals surface area contributed by atoms with E-state index in [2.05, 4.69) is 21.5 Å². The van der Waals surface area contributed by atoms with Gasteiger partial charge in [-0.15, -0.1) is 0 Å². The Kier molecular flexibility index (Phi) is 6.86. The largest absolute Gasteiger partial charge is 0.508 e. The van der Waals surface area contributed by atoms with Crippen molar-refractivity contribution in [1.82, 2.24) is 14.9 Å². The zero-order valence-corrected chi connectivity index (χ0v) is 20.3. The molecule has 2 N–H and O–H groups in total. The number of nitrogens with one attached hydrogen (secondary N) is 1. The summed E-state index contributed by atoms with van der Waals surface area (Å²) in [6.07, 6.45) is 2.72. The average Bonchev–Trinajstić information content (AvgIpc) is 2.86. The van der Waals surface area contributed by atoms with E-state index in [1.807, 2.05) is 35.8 Å². The lowest BCUT2D eigenvalue weighted by Crippen LogP contribution is -2.46. The van der Waals surface area contributed by atoms with E-state index >= 15 is 0 Å². The molecule has 0 spiro atoms. The van der Waals surface area contributed by atoms with Crippen molar-refractivity contribution in [3.8, 4) is 11.5 Å². The van der Waals surface area contributed by atoms with Crippen molar-refractivity contribution >= 4 is 12.1 Å². The minimum absolute atomic E-state index is 0.0280. The molecule has 1 amide bonds. The third-order valence-electron chi connectivity index (χ3n) is 6.82. The van der Waals surface area contributed by atoms with E-state index in [9.17, 15) is 14.7 Å². The maximum Gasteiger partial charge on any atom is 0.271 e. The molecular formula is C28H30N4O4. The Balaban J connectivity index is 1.30. The fraction of sp³-hybridized carbons (Fsp3) is 0.321. The van der Waals surface area contributed by atoms with Crippen LogP contribution < -0.4 is 15.7 Å². The van der Waals surface area contributed by atoms with Crippen LogP contribution in [0.15, 0.2) is 70.6 Å². The topological polar surface area (TPSA) is 96.2 Å². The maximum absolute atomic E-state index is 12.3. The highest BCUT2D eigenvalue weighted by Crippen LogP contribution is 2.36. The first-order chi connectivity index (χ1) is 17.5. The molecule has 2 aliphatic rings. The second-order valence-electron chi connectivity index (χ2n) is 9.44. The fourth-order valence-electron chi connectivity index (χ4n) is 5.34. The summed E-state index contributed by atoms with van der Waals surface area (Å²) in [6.45, 7) is 5.87. The van der Waals surface area contributed by atoms with Crippen molar-refractivity contribution in [2.45, 2.75) is 32.4 Å². The standard InChI is InChI=1S/C28H30N4O4/c1-2-36-26-10-9-19(14-29-30-28(35)21-5-3-6-24(33)13-21)11-23(26)18-31-15-20-12-22(17-31)25-7-4-8-27(34)32(25)16-20/h3-11,13-14,20,22,33H,2,12,15-18H2,1H3,(H,30,35)/b29-14-/t20-,22+/m1/s1. The van der Waals surface area contributed by atoms with Crippen LogP contribution in [0.25, 0.3) is 0 Å². The number of carbonyl (C=O) groups is 1. The Hall–Kier alpha value is -3.91. The minimum Gasteiger partial charge on any atom is -0.508 e. The summed E-state index contributed by atoms with van der Waals surface area (Å²) in [5.74, 6) is 1.27. The van der Waals surface area contributed by atoms with Gasteiger partial charge in [-0.1, -0.05) is 12.1 Å². The van der Waals surface area contributed by atoms with E-state index in [4.69, 9.17) is 4.74 Å². The summed E-state index contributed by atoms with van der Waals surface area (Å²) in [5.41, 5.74) is 5.98. The van der Waals surface area contributed by atoms with Gasteiger partial charge in [-0.2, -0.15) is 5.10 Å². The van der Waals surface area contributed by atoms with Crippen molar-refractivity contribution in [2.24, 2.45) is 11.0 Å². The van der Waals surface area contributed by atoms with Gasteiger partial charge in [0.05, 0.1) is 12.8 Å². The van der Waals surface area contributed by atoms with Crippen LogP contribution >= 0.6 is 0 Å². The number of ether oxygens (including phenoxy) is 1. The number of hydrazone groups is 1. The number of hydrogen-bond donors (Lipinski definition) is 2. The summed E-state index contributed by atoms with van der Waals surface area (Å²) < 4.78 is 7.85. The number of likely N-dealkylation sites (tertiary alicyclic amines) is 1. The third kappa shape index (κ3) is 5.18. The summed E-state index contributed by atoms with van der Waals surface area (Å²) in [4.78, 5) is 27.1. The number of pyridine rings is 1. The van der Waals surface area contributed by atoms with E-state index in [1.54, 1.807) is 24.4 Å². The molecule has 8 heteroatoms. The number of rotatable bonds is 7. The zero-order chi connectivity index (χ0) is 25.1. The van der Waals surface area contributed by atoms with E-state index in [1.165, 1.54) is 12.1 Å². The molecule has 5 rings (SSSR count). The lowest BCUT2D eigenvalue weighted by atomic mass is 9.83. The molecule has 2 atom stereocenters. The number of hydrogen-bond acceptors (Lipinski definition) is 6. The van der Waals surface area contributed by atoms with Crippen LogP contribution in [0.1, 0.15) is 46.4 Å². The number of fused-ring (bicyclic) bond motifs is 4. The van der Waals surface area contributed by atoms with Gasteiger partial charge in [0.2, 0.25) is 0 Å². The van der Waals surface area contributed by atoms with Crippen molar-refractivity contribution in [3.05, 3.63) is 93.4 Å². The Morgan fingerprint density at radius 2 is 2.00 bits per heavy atom. The first-order valence-corrected chi connectivity index (χ1v) is 12.3.